The van der Waals surface area contributed by atoms with Crippen molar-refractivity contribution in [2.75, 3.05) is 11.9 Å². The van der Waals surface area contributed by atoms with Crippen LogP contribution in [0.15, 0.2) is 72.8 Å². The lowest BCUT2D eigenvalue weighted by Crippen LogP contribution is -2.41. The number of benzene rings is 1. The van der Waals surface area contributed by atoms with Crippen molar-refractivity contribution in [3.05, 3.63) is 72.8 Å². The maximum absolute atomic E-state index is 9.15. The van der Waals surface area contributed by atoms with Crippen molar-refractivity contribution in [2.45, 2.75) is 19.3 Å². The van der Waals surface area contributed by atoms with Crippen LogP contribution in [0.3, 0.4) is 0 Å². The molecule has 1 fully saturated rings. The number of nitrogens with two attached hydrogens (primary N) is 1. The van der Waals surface area contributed by atoms with E-state index < -0.39 is 0 Å². The van der Waals surface area contributed by atoms with Gasteiger partial charge < -0.3 is 16.2 Å². The van der Waals surface area contributed by atoms with Crippen molar-refractivity contribution in [1.29, 1.82) is 0 Å². The summed E-state index contributed by atoms with van der Waals surface area (Å²) in [4.78, 5) is 0. The average Bonchev–Trinajstić information content (AvgIpc) is 3.15. The molecule has 7 nitrogen and oxygen atoms in total. The predicted octanol–water partition coefficient (Wildman–Crippen LogP) is 4.07. The van der Waals surface area contributed by atoms with Crippen molar-refractivity contribution in [3.8, 4) is 11.3 Å². The van der Waals surface area contributed by atoms with Crippen LogP contribution < -0.4 is 11.1 Å². The first-order valence-electron chi connectivity index (χ1n) is 9.59. The molecule has 0 bridgehead atoms. The molecule has 0 saturated heterocycles. The zero-order valence-electron chi connectivity index (χ0n) is 16.1. The number of hydrogen-bond acceptors (Lipinski definition) is 6. The lowest BCUT2D eigenvalue weighted by molar-refractivity contribution is 0.201. The van der Waals surface area contributed by atoms with Crippen LogP contribution in [0.2, 0.25) is 0 Å². The summed E-state index contributed by atoms with van der Waals surface area (Å²) in [5.41, 5.74) is 9.79. The molecule has 0 unspecified atom stereocenters. The molecule has 1 saturated carbocycles. The Hall–Kier alpha value is -3.61. The molecule has 1 aromatic carbocycles. The van der Waals surface area contributed by atoms with E-state index in [2.05, 4.69) is 32.3 Å². The first-order valence-corrected chi connectivity index (χ1v) is 9.59. The molecule has 0 spiro atoms. The van der Waals surface area contributed by atoms with Crippen molar-refractivity contribution >= 4 is 16.7 Å². The van der Waals surface area contributed by atoms with Crippen molar-refractivity contribution in [2.24, 2.45) is 11.1 Å². The number of nitrogens with zero attached hydrogens (tertiary/aromatic N) is 3. The molecule has 0 atom stereocenters. The van der Waals surface area contributed by atoms with Gasteiger partial charge in [0, 0.05) is 28.6 Å². The molecule has 3 aromatic rings. The molecule has 148 valence electrons. The van der Waals surface area contributed by atoms with Crippen LogP contribution in [0, 0.1) is 5.41 Å². The number of fused-ring (bicyclic) bond motifs is 1. The van der Waals surface area contributed by atoms with Gasteiger partial charge in [0.15, 0.2) is 0 Å². The Morgan fingerprint density at radius 2 is 2.14 bits per heavy atom. The van der Waals surface area contributed by atoms with E-state index in [9.17, 15) is 0 Å². The number of aromatic amines is 1. The minimum absolute atomic E-state index is 0.0110. The Balaban J connectivity index is 1.43. The third-order valence-electron chi connectivity index (χ3n) is 5.50. The molecule has 0 aliphatic heterocycles. The van der Waals surface area contributed by atoms with Gasteiger partial charge in [0.25, 0.3) is 0 Å². The van der Waals surface area contributed by atoms with Gasteiger partial charge in [-0.3, -0.25) is 5.10 Å². The number of anilines is 1. The summed E-state index contributed by atoms with van der Waals surface area (Å²) in [5.74, 6) is 0.728. The number of aliphatic hydroxyl groups is 1. The summed E-state index contributed by atoms with van der Waals surface area (Å²) in [5, 5.41) is 29.3. The fraction of sp³-hybridized carbons (Fsp3) is 0.227. The van der Waals surface area contributed by atoms with Gasteiger partial charge >= 0.3 is 0 Å². The SMILES string of the molecule is C=C(O)/C=C\C=C(/N)C1(CNc2ccc(-c3ccc4cn[nH]c4c3)nn2)CCC1. The lowest BCUT2D eigenvalue weighted by Gasteiger charge is -2.42. The highest BCUT2D eigenvalue weighted by Crippen LogP contribution is 2.45. The van der Waals surface area contributed by atoms with E-state index in [1.54, 1.807) is 12.3 Å². The Morgan fingerprint density at radius 1 is 1.28 bits per heavy atom. The molecule has 4 rings (SSSR count). The van der Waals surface area contributed by atoms with E-state index >= 15 is 0 Å². The maximum atomic E-state index is 9.15. The molecular weight excluding hydrogens is 364 g/mol. The van der Waals surface area contributed by atoms with Gasteiger partial charge in [-0.05, 0) is 43.2 Å². The zero-order valence-corrected chi connectivity index (χ0v) is 16.1. The summed E-state index contributed by atoms with van der Waals surface area (Å²) in [6, 6.07) is 9.93. The number of hydrogen-bond donors (Lipinski definition) is 4. The van der Waals surface area contributed by atoms with Crippen LogP contribution in [0.4, 0.5) is 5.82 Å². The summed E-state index contributed by atoms with van der Waals surface area (Å²) < 4.78 is 0. The minimum atomic E-state index is -0.0901. The zero-order chi connectivity index (χ0) is 20.3. The van der Waals surface area contributed by atoms with Crippen LogP contribution in [0.1, 0.15) is 19.3 Å². The molecule has 2 heterocycles. The van der Waals surface area contributed by atoms with Crippen LogP contribution in [-0.2, 0) is 0 Å². The van der Waals surface area contributed by atoms with E-state index in [0.29, 0.717) is 6.54 Å². The van der Waals surface area contributed by atoms with Crippen molar-refractivity contribution in [3.63, 3.8) is 0 Å². The predicted molar refractivity (Wildman–Crippen MR) is 115 cm³/mol. The van der Waals surface area contributed by atoms with Crippen molar-refractivity contribution < 1.29 is 5.11 Å². The normalized spacial score (nSPS) is 16.1. The van der Waals surface area contributed by atoms with Crippen molar-refractivity contribution in [1.82, 2.24) is 20.4 Å². The second kappa shape index (κ2) is 7.79. The Labute approximate surface area is 169 Å². The third-order valence-corrected chi connectivity index (χ3v) is 5.50. The van der Waals surface area contributed by atoms with Gasteiger partial charge in [-0.1, -0.05) is 31.2 Å². The van der Waals surface area contributed by atoms with Gasteiger partial charge in [-0.25, -0.2) is 0 Å². The largest absolute Gasteiger partial charge is 0.509 e. The van der Waals surface area contributed by atoms with Crippen LogP contribution >= 0.6 is 0 Å². The maximum Gasteiger partial charge on any atom is 0.148 e. The molecule has 2 aromatic heterocycles. The second-order valence-corrected chi connectivity index (χ2v) is 7.44. The molecule has 1 aliphatic carbocycles. The highest BCUT2D eigenvalue weighted by Gasteiger charge is 2.39. The van der Waals surface area contributed by atoms with Gasteiger partial charge in [-0.2, -0.15) is 5.10 Å². The summed E-state index contributed by atoms with van der Waals surface area (Å²) >= 11 is 0. The molecule has 5 N–H and O–H groups in total. The number of aromatic nitrogens is 4. The Morgan fingerprint density at radius 3 is 2.83 bits per heavy atom. The van der Waals surface area contributed by atoms with Gasteiger partial charge in [0.1, 0.15) is 11.6 Å². The van der Waals surface area contributed by atoms with E-state index in [0.717, 1.165) is 52.9 Å². The van der Waals surface area contributed by atoms with Gasteiger partial charge in [0.2, 0.25) is 0 Å². The average molecular weight is 388 g/mol. The highest BCUT2D eigenvalue weighted by molar-refractivity contribution is 5.83. The smallest absolute Gasteiger partial charge is 0.148 e. The Bertz CT molecular complexity index is 1080. The molecular formula is C22H24N6O. The lowest BCUT2D eigenvalue weighted by atomic mass is 9.66. The minimum Gasteiger partial charge on any atom is -0.509 e. The highest BCUT2D eigenvalue weighted by atomic mass is 16.3. The fourth-order valence-corrected chi connectivity index (χ4v) is 3.55. The number of nitrogens with one attached hydrogen (secondary N) is 2. The quantitative estimate of drug-likeness (QED) is 0.358. The number of H-pyrrole nitrogens is 1. The summed E-state index contributed by atoms with van der Waals surface area (Å²) in [6.45, 7) is 4.12. The standard InChI is InChI=1S/C22H24N6O/c1-15(29)4-2-5-20(23)22(10-3-11-22)14-24-21-9-8-18(27-28-21)16-6-7-17-13-25-26-19(17)12-16/h2,4-9,12-13,29H,1,3,10-11,14,23H2,(H,24,28)(H,25,26)/b4-2-,20-5-. The van der Waals surface area contributed by atoms with Crippen LogP contribution in [-0.4, -0.2) is 32.0 Å². The third kappa shape index (κ3) is 3.99. The fourth-order valence-electron chi connectivity index (χ4n) is 3.55. The van der Waals surface area contributed by atoms with E-state index in [-0.39, 0.29) is 11.2 Å². The molecule has 29 heavy (non-hydrogen) atoms. The molecule has 7 heteroatoms. The number of aliphatic hydroxyl groups excluding tert-OH is 1. The number of rotatable bonds is 7. The number of allylic oxidation sites excluding steroid dienone is 3. The van der Waals surface area contributed by atoms with E-state index in [4.69, 9.17) is 10.8 Å². The summed E-state index contributed by atoms with van der Waals surface area (Å²) in [6.07, 6.45) is 10.1. The molecule has 0 radical (unpaired) electrons. The second-order valence-electron chi connectivity index (χ2n) is 7.44. The summed E-state index contributed by atoms with van der Waals surface area (Å²) in [7, 11) is 0. The Kier molecular flexibility index (Phi) is 5.03. The van der Waals surface area contributed by atoms with E-state index in [1.807, 2.05) is 36.4 Å². The van der Waals surface area contributed by atoms with E-state index in [1.165, 1.54) is 6.08 Å². The monoisotopic (exact) mass is 388 g/mol. The first kappa shape index (κ1) is 18.7. The molecule has 1 aliphatic rings. The van der Waals surface area contributed by atoms with Crippen LogP contribution in [0.25, 0.3) is 22.2 Å². The topological polar surface area (TPSA) is 113 Å². The first-order chi connectivity index (χ1) is 14.1. The van der Waals surface area contributed by atoms with Gasteiger partial charge in [0.05, 0.1) is 17.4 Å². The van der Waals surface area contributed by atoms with Gasteiger partial charge in [-0.15, -0.1) is 10.2 Å². The van der Waals surface area contributed by atoms with Crippen LogP contribution in [0.5, 0.6) is 0 Å². The molecule has 0 amide bonds.